The Balaban J connectivity index is 1.66. The van der Waals surface area contributed by atoms with E-state index >= 15 is 0 Å². The molecule has 146 valence electrons. The Morgan fingerprint density at radius 3 is 2.16 bits per heavy atom. The van der Waals surface area contributed by atoms with E-state index in [0.29, 0.717) is 0 Å². The van der Waals surface area contributed by atoms with E-state index in [9.17, 15) is 0 Å². The van der Waals surface area contributed by atoms with Crippen molar-refractivity contribution in [3.63, 3.8) is 0 Å². The Hall–Kier alpha value is -4.24. The molecule has 0 saturated heterocycles. The highest BCUT2D eigenvalue weighted by Gasteiger charge is 2.15. The number of fused-ring (bicyclic) bond motifs is 3. The van der Waals surface area contributed by atoms with Crippen LogP contribution < -0.4 is 0 Å². The van der Waals surface area contributed by atoms with Gasteiger partial charge in [0.15, 0.2) is 0 Å². The zero-order valence-electron chi connectivity index (χ0n) is 16.8. The molecule has 3 nitrogen and oxygen atoms in total. The van der Waals surface area contributed by atoms with Gasteiger partial charge in [0.1, 0.15) is 0 Å². The number of benzene rings is 3. The molecule has 0 radical (unpaired) electrons. The molecule has 0 aliphatic rings. The quantitative estimate of drug-likeness (QED) is 0.325. The topological polar surface area (TPSA) is 30.7 Å². The molecule has 0 N–H and O–H groups in total. The van der Waals surface area contributed by atoms with Gasteiger partial charge in [0.2, 0.25) is 0 Å². The third-order valence-electron chi connectivity index (χ3n) is 5.82. The summed E-state index contributed by atoms with van der Waals surface area (Å²) < 4.78 is 2.26. The van der Waals surface area contributed by atoms with E-state index in [1.807, 2.05) is 36.9 Å². The van der Waals surface area contributed by atoms with Gasteiger partial charge in [-0.25, -0.2) is 0 Å². The molecule has 0 unspecified atom stereocenters. The van der Waals surface area contributed by atoms with Gasteiger partial charge >= 0.3 is 0 Å². The highest BCUT2D eigenvalue weighted by Crippen LogP contribution is 2.38. The van der Waals surface area contributed by atoms with Crippen LogP contribution in [0.2, 0.25) is 0 Å². The molecule has 0 bridgehead atoms. The van der Waals surface area contributed by atoms with Crippen molar-refractivity contribution in [2.24, 2.45) is 0 Å². The minimum Gasteiger partial charge on any atom is -0.316 e. The minimum atomic E-state index is 1.10. The van der Waals surface area contributed by atoms with Gasteiger partial charge in [-0.15, -0.1) is 0 Å². The molecule has 31 heavy (non-hydrogen) atoms. The molecule has 3 heterocycles. The average Bonchev–Trinajstić information content (AvgIpc) is 3.26. The summed E-state index contributed by atoms with van der Waals surface area (Å²) in [5.41, 5.74) is 7.06. The van der Waals surface area contributed by atoms with Crippen molar-refractivity contribution in [1.29, 1.82) is 0 Å². The van der Waals surface area contributed by atoms with E-state index in [1.54, 1.807) is 0 Å². The summed E-state index contributed by atoms with van der Waals surface area (Å²) in [6.45, 7) is 0. The van der Waals surface area contributed by atoms with Crippen LogP contribution in [0.3, 0.4) is 0 Å². The number of nitrogens with zero attached hydrogens (tertiary/aromatic N) is 3. The van der Waals surface area contributed by atoms with E-state index in [1.165, 1.54) is 43.9 Å². The number of rotatable bonds is 3. The van der Waals surface area contributed by atoms with E-state index in [0.717, 1.165) is 5.69 Å². The van der Waals surface area contributed by atoms with Crippen molar-refractivity contribution in [2.45, 2.75) is 0 Å². The minimum absolute atomic E-state index is 1.10. The monoisotopic (exact) mass is 397 g/mol. The molecular weight excluding hydrogens is 378 g/mol. The first-order chi connectivity index (χ1) is 15.4. The van der Waals surface area contributed by atoms with Gasteiger partial charge in [0, 0.05) is 47.6 Å². The Kier molecular flexibility index (Phi) is 4.10. The normalized spacial score (nSPS) is 11.2. The van der Waals surface area contributed by atoms with Crippen LogP contribution in [0.25, 0.3) is 49.6 Å². The fourth-order valence-electron chi connectivity index (χ4n) is 4.35. The Labute approximate surface area is 180 Å². The largest absolute Gasteiger partial charge is 0.316 e. The lowest BCUT2D eigenvalue weighted by Gasteiger charge is -2.07. The second kappa shape index (κ2) is 7.22. The Bertz CT molecular complexity index is 1520. The van der Waals surface area contributed by atoms with Crippen molar-refractivity contribution < 1.29 is 0 Å². The standard InChI is InChI=1S/C28H19N3/c1-2-7-25-21(4-1)8-9-27-28(25)26(19-31(27)24-12-16-30-17-13-24)23-6-3-5-22(18-23)20-10-14-29-15-11-20/h1-19H. The summed E-state index contributed by atoms with van der Waals surface area (Å²) in [4.78, 5) is 8.35. The summed E-state index contributed by atoms with van der Waals surface area (Å²) in [6, 6.07) is 30.0. The van der Waals surface area contributed by atoms with Crippen LogP contribution >= 0.6 is 0 Å². The third kappa shape index (κ3) is 2.99. The fraction of sp³-hybridized carbons (Fsp3) is 0. The Morgan fingerprint density at radius 2 is 1.32 bits per heavy atom. The SMILES string of the molecule is c1cc(-c2ccncc2)cc(-c2cn(-c3ccncc3)c3ccc4ccccc4c23)c1. The van der Waals surface area contributed by atoms with Gasteiger partial charge in [-0.2, -0.15) is 0 Å². The summed E-state index contributed by atoms with van der Waals surface area (Å²) in [6.07, 6.45) is 9.60. The highest BCUT2D eigenvalue weighted by atomic mass is 15.0. The van der Waals surface area contributed by atoms with Crippen LogP contribution in [0.5, 0.6) is 0 Å². The first kappa shape index (κ1) is 17.6. The van der Waals surface area contributed by atoms with Crippen LogP contribution in [0.1, 0.15) is 0 Å². The maximum Gasteiger partial charge on any atom is 0.0541 e. The maximum atomic E-state index is 4.19. The van der Waals surface area contributed by atoms with E-state index in [4.69, 9.17) is 0 Å². The molecule has 6 rings (SSSR count). The van der Waals surface area contributed by atoms with Crippen LogP contribution in [0, 0.1) is 0 Å². The molecule has 6 aromatic rings. The molecule has 0 spiro atoms. The van der Waals surface area contributed by atoms with Crippen molar-refractivity contribution in [2.75, 3.05) is 0 Å². The van der Waals surface area contributed by atoms with Crippen molar-refractivity contribution in [3.05, 3.63) is 116 Å². The summed E-state index contributed by atoms with van der Waals surface area (Å²) in [7, 11) is 0. The molecule has 0 saturated carbocycles. The second-order valence-corrected chi connectivity index (χ2v) is 7.62. The lowest BCUT2D eigenvalue weighted by Crippen LogP contribution is -1.91. The lowest BCUT2D eigenvalue weighted by molar-refractivity contribution is 1.11. The van der Waals surface area contributed by atoms with Crippen molar-refractivity contribution in [3.8, 4) is 27.9 Å². The summed E-state index contributed by atoms with van der Waals surface area (Å²) in [5, 5.41) is 3.77. The second-order valence-electron chi connectivity index (χ2n) is 7.62. The zero-order valence-corrected chi connectivity index (χ0v) is 16.8. The van der Waals surface area contributed by atoms with Crippen molar-refractivity contribution in [1.82, 2.24) is 14.5 Å². The fourth-order valence-corrected chi connectivity index (χ4v) is 4.35. The number of pyridine rings is 2. The first-order valence-corrected chi connectivity index (χ1v) is 10.3. The van der Waals surface area contributed by atoms with Crippen LogP contribution in [-0.2, 0) is 0 Å². The molecule has 0 aliphatic heterocycles. The van der Waals surface area contributed by atoms with E-state index < -0.39 is 0 Å². The maximum absolute atomic E-state index is 4.19. The summed E-state index contributed by atoms with van der Waals surface area (Å²) >= 11 is 0. The Morgan fingerprint density at radius 1 is 0.581 bits per heavy atom. The molecular formula is C28H19N3. The van der Waals surface area contributed by atoms with Gasteiger partial charge in [-0.05, 0) is 63.9 Å². The number of hydrogen-bond acceptors (Lipinski definition) is 2. The van der Waals surface area contributed by atoms with Crippen LogP contribution in [0.15, 0.2) is 116 Å². The predicted molar refractivity (Wildman–Crippen MR) is 127 cm³/mol. The predicted octanol–water partition coefficient (Wildman–Crippen LogP) is 6.91. The molecule has 0 aliphatic carbocycles. The van der Waals surface area contributed by atoms with Gasteiger partial charge in [-0.1, -0.05) is 48.5 Å². The lowest BCUT2D eigenvalue weighted by atomic mass is 9.97. The third-order valence-corrected chi connectivity index (χ3v) is 5.82. The van der Waals surface area contributed by atoms with Gasteiger partial charge < -0.3 is 4.57 Å². The molecule has 0 amide bonds. The zero-order chi connectivity index (χ0) is 20.6. The molecule has 3 heteroatoms. The average molecular weight is 397 g/mol. The van der Waals surface area contributed by atoms with Gasteiger partial charge in [0.25, 0.3) is 0 Å². The first-order valence-electron chi connectivity index (χ1n) is 10.3. The summed E-state index contributed by atoms with van der Waals surface area (Å²) in [5.74, 6) is 0. The van der Waals surface area contributed by atoms with Gasteiger partial charge in [-0.3, -0.25) is 9.97 Å². The smallest absolute Gasteiger partial charge is 0.0541 e. The van der Waals surface area contributed by atoms with Gasteiger partial charge in [0.05, 0.1) is 5.52 Å². The molecule has 0 fully saturated rings. The van der Waals surface area contributed by atoms with Crippen LogP contribution in [0.4, 0.5) is 0 Å². The number of aromatic nitrogens is 3. The van der Waals surface area contributed by atoms with E-state index in [2.05, 4.69) is 93.5 Å². The molecule has 3 aromatic carbocycles. The number of hydrogen-bond donors (Lipinski definition) is 0. The van der Waals surface area contributed by atoms with E-state index in [-0.39, 0.29) is 0 Å². The van der Waals surface area contributed by atoms with Crippen molar-refractivity contribution >= 4 is 21.7 Å². The highest BCUT2D eigenvalue weighted by molar-refractivity contribution is 6.14. The van der Waals surface area contributed by atoms with Crippen LogP contribution in [-0.4, -0.2) is 14.5 Å². The molecule has 3 aromatic heterocycles. The molecule has 0 atom stereocenters.